The molecule has 5 nitrogen and oxygen atoms in total. The van der Waals surface area contributed by atoms with E-state index in [0.29, 0.717) is 12.3 Å². The van der Waals surface area contributed by atoms with Crippen molar-refractivity contribution < 1.29 is 14.3 Å². The number of ether oxygens (including phenoxy) is 2. The van der Waals surface area contributed by atoms with Crippen molar-refractivity contribution in [3.8, 4) is 11.5 Å². The van der Waals surface area contributed by atoms with Crippen LogP contribution in [0.3, 0.4) is 0 Å². The molecule has 0 saturated heterocycles. The third kappa shape index (κ3) is 4.64. The molecule has 26 heavy (non-hydrogen) atoms. The van der Waals surface area contributed by atoms with Crippen LogP contribution in [0.25, 0.3) is 6.08 Å². The molecule has 0 unspecified atom stereocenters. The van der Waals surface area contributed by atoms with Crippen molar-refractivity contribution in [3.63, 3.8) is 0 Å². The Balaban J connectivity index is 1.52. The van der Waals surface area contributed by atoms with Crippen LogP contribution in [0.5, 0.6) is 11.5 Å². The largest absolute Gasteiger partial charge is 0.497 e. The molecule has 0 fully saturated rings. The number of carbonyl (C=O) groups is 1. The van der Waals surface area contributed by atoms with Crippen LogP contribution in [-0.4, -0.2) is 31.7 Å². The van der Waals surface area contributed by atoms with E-state index >= 15 is 0 Å². The molecule has 6 heteroatoms. The van der Waals surface area contributed by atoms with Gasteiger partial charge in [0.25, 0.3) is 0 Å². The molecule has 1 aliphatic rings. The van der Waals surface area contributed by atoms with Gasteiger partial charge in [0.15, 0.2) is 0 Å². The summed E-state index contributed by atoms with van der Waals surface area (Å²) in [7, 11) is 3.21. The summed E-state index contributed by atoms with van der Waals surface area (Å²) in [5, 5.41) is 4.04. The van der Waals surface area contributed by atoms with Gasteiger partial charge in [-0.3, -0.25) is 4.79 Å². The molecule has 0 saturated carbocycles. The quantitative estimate of drug-likeness (QED) is 0.757. The zero-order chi connectivity index (χ0) is 18.4. The molecule has 1 aromatic carbocycles. The molecule has 2 aromatic rings. The van der Waals surface area contributed by atoms with E-state index in [0.717, 1.165) is 35.6 Å². The Morgan fingerprint density at radius 1 is 1.27 bits per heavy atom. The second-order valence-electron chi connectivity index (χ2n) is 6.17. The zero-order valence-electron chi connectivity index (χ0n) is 15.2. The van der Waals surface area contributed by atoms with E-state index < -0.39 is 0 Å². The second-order valence-corrected chi connectivity index (χ2v) is 7.33. The highest BCUT2D eigenvalue weighted by molar-refractivity contribution is 7.11. The van der Waals surface area contributed by atoms with Crippen molar-refractivity contribution >= 4 is 23.3 Å². The van der Waals surface area contributed by atoms with Crippen LogP contribution < -0.4 is 14.8 Å². The van der Waals surface area contributed by atoms with Gasteiger partial charge in [-0.15, -0.1) is 11.3 Å². The Labute approximate surface area is 158 Å². The van der Waals surface area contributed by atoms with Crippen LogP contribution in [-0.2, 0) is 24.1 Å². The van der Waals surface area contributed by atoms with Gasteiger partial charge in [-0.05, 0) is 50.0 Å². The van der Waals surface area contributed by atoms with Gasteiger partial charge >= 0.3 is 0 Å². The Morgan fingerprint density at radius 3 is 2.88 bits per heavy atom. The first-order valence-corrected chi connectivity index (χ1v) is 9.66. The molecule has 3 rings (SSSR count). The minimum absolute atomic E-state index is 0.129. The lowest BCUT2D eigenvalue weighted by molar-refractivity contribution is -0.116. The monoisotopic (exact) mass is 372 g/mol. The summed E-state index contributed by atoms with van der Waals surface area (Å²) < 4.78 is 10.5. The average molecular weight is 372 g/mol. The molecular formula is C20H24N2O3S. The number of nitrogens with zero attached hydrogens (tertiary/aromatic N) is 1. The van der Waals surface area contributed by atoms with Gasteiger partial charge in [0.1, 0.15) is 11.5 Å². The lowest BCUT2D eigenvalue weighted by Crippen LogP contribution is -2.23. The first-order chi connectivity index (χ1) is 12.7. The number of hydrogen-bond donors (Lipinski definition) is 1. The minimum atomic E-state index is -0.129. The Morgan fingerprint density at radius 2 is 2.12 bits per heavy atom. The molecule has 1 aromatic heterocycles. The van der Waals surface area contributed by atoms with Gasteiger partial charge in [-0.2, -0.15) is 0 Å². The molecular weight excluding hydrogens is 348 g/mol. The first kappa shape index (κ1) is 18.5. The summed E-state index contributed by atoms with van der Waals surface area (Å²) in [5.41, 5.74) is 2.07. The molecule has 1 N–H and O–H groups in total. The van der Waals surface area contributed by atoms with Gasteiger partial charge in [0.05, 0.1) is 24.9 Å². The number of aromatic nitrogens is 1. The van der Waals surface area contributed by atoms with Gasteiger partial charge in [0, 0.05) is 29.5 Å². The first-order valence-electron chi connectivity index (χ1n) is 8.85. The van der Waals surface area contributed by atoms with E-state index in [1.165, 1.54) is 29.5 Å². The summed E-state index contributed by atoms with van der Waals surface area (Å²) in [6.45, 7) is 0.588. The maximum atomic E-state index is 12.1. The van der Waals surface area contributed by atoms with Crippen molar-refractivity contribution in [2.45, 2.75) is 32.1 Å². The number of thiazole rings is 1. The summed E-state index contributed by atoms with van der Waals surface area (Å²) in [4.78, 5) is 18.2. The minimum Gasteiger partial charge on any atom is -0.497 e. The highest BCUT2D eigenvalue weighted by atomic mass is 32.1. The number of fused-ring (bicyclic) bond motifs is 1. The fourth-order valence-corrected chi connectivity index (χ4v) is 4.16. The second kappa shape index (κ2) is 8.85. The molecule has 0 spiro atoms. The number of nitrogens with one attached hydrogen (secondary N) is 1. The number of aryl methyl sites for hydroxylation is 2. The van der Waals surface area contributed by atoms with Gasteiger partial charge in [-0.25, -0.2) is 4.98 Å². The fraction of sp³-hybridized carbons (Fsp3) is 0.400. The molecule has 0 atom stereocenters. The van der Waals surface area contributed by atoms with Crippen LogP contribution in [0.2, 0.25) is 0 Å². The Hall–Kier alpha value is -2.34. The topological polar surface area (TPSA) is 60.5 Å². The van der Waals surface area contributed by atoms with E-state index in [2.05, 4.69) is 5.32 Å². The SMILES string of the molecule is COc1ccc(OC)c(/C=C/C(=O)NCCc2nc3c(s2)CCCC3)c1. The van der Waals surface area contributed by atoms with Gasteiger partial charge < -0.3 is 14.8 Å². The van der Waals surface area contributed by atoms with E-state index in [1.54, 1.807) is 31.6 Å². The summed E-state index contributed by atoms with van der Waals surface area (Å²) in [5.74, 6) is 1.29. The highest BCUT2D eigenvalue weighted by Gasteiger charge is 2.14. The third-order valence-electron chi connectivity index (χ3n) is 4.38. The van der Waals surface area contributed by atoms with E-state index in [1.807, 2.05) is 18.2 Å². The number of carbonyl (C=O) groups excluding carboxylic acids is 1. The highest BCUT2D eigenvalue weighted by Crippen LogP contribution is 2.27. The number of hydrogen-bond acceptors (Lipinski definition) is 5. The van der Waals surface area contributed by atoms with E-state index in [9.17, 15) is 4.79 Å². The van der Waals surface area contributed by atoms with E-state index in [-0.39, 0.29) is 5.91 Å². The normalized spacial score (nSPS) is 13.5. The van der Waals surface area contributed by atoms with Crippen molar-refractivity contribution in [2.75, 3.05) is 20.8 Å². The van der Waals surface area contributed by atoms with Crippen LogP contribution >= 0.6 is 11.3 Å². The summed E-state index contributed by atoms with van der Waals surface area (Å²) in [6.07, 6.45) is 8.80. The van der Waals surface area contributed by atoms with Gasteiger partial charge in [-0.1, -0.05) is 0 Å². The van der Waals surface area contributed by atoms with Crippen molar-refractivity contribution in [3.05, 3.63) is 45.4 Å². The molecule has 0 bridgehead atoms. The van der Waals surface area contributed by atoms with Crippen LogP contribution in [0.4, 0.5) is 0 Å². The standard InChI is InChI=1S/C20H24N2O3S/c1-24-15-8-9-17(25-2)14(13-15)7-10-19(23)21-12-11-20-22-16-5-3-4-6-18(16)26-20/h7-10,13H,3-6,11-12H2,1-2H3,(H,21,23)/b10-7+. The molecule has 138 valence electrons. The molecule has 0 aliphatic heterocycles. The maximum Gasteiger partial charge on any atom is 0.244 e. The Kier molecular flexibility index (Phi) is 6.28. The zero-order valence-corrected chi connectivity index (χ0v) is 16.0. The molecule has 1 amide bonds. The summed E-state index contributed by atoms with van der Waals surface area (Å²) >= 11 is 1.80. The van der Waals surface area contributed by atoms with Crippen molar-refractivity contribution in [1.29, 1.82) is 0 Å². The smallest absolute Gasteiger partial charge is 0.244 e. The van der Waals surface area contributed by atoms with Crippen LogP contribution in [0.15, 0.2) is 24.3 Å². The number of rotatable bonds is 7. The van der Waals surface area contributed by atoms with Crippen molar-refractivity contribution in [1.82, 2.24) is 10.3 Å². The van der Waals surface area contributed by atoms with Crippen LogP contribution in [0.1, 0.15) is 34.0 Å². The summed E-state index contributed by atoms with van der Waals surface area (Å²) in [6, 6.07) is 5.48. The predicted octanol–water partition coefficient (Wildman–Crippen LogP) is 3.41. The Bertz CT molecular complexity index is 775. The van der Waals surface area contributed by atoms with Crippen molar-refractivity contribution in [2.24, 2.45) is 0 Å². The number of amides is 1. The predicted molar refractivity (Wildman–Crippen MR) is 104 cm³/mol. The maximum absolute atomic E-state index is 12.1. The lowest BCUT2D eigenvalue weighted by atomic mass is 10.0. The molecule has 1 heterocycles. The molecule has 1 aliphatic carbocycles. The number of methoxy groups -OCH3 is 2. The van der Waals surface area contributed by atoms with Crippen LogP contribution in [0, 0.1) is 0 Å². The molecule has 0 radical (unpaired) electrons. The third-order valence-corrected chi connectivity index (χ3v) is 5.60. The average Bonchev–Trinajstić information content (AvgIpc) is 3.08. The van der Waals surface area contributed by atoms with Gasteiger partial charge in [0.2, 0.25) is 5.91 Å². The fourth-order valence-electron chi connectivity index (χ4n) is 3.00. The number of benzene rings is 1. The van der Waals surface area contributed by atoms with E-state index in [4.69, 9.17) is 14.5 Å². The lowest BCUT2D eigenvalue weighted by Gasteiger charge is -2.07.